The molecule has 1 saturated carbocycles. The van der Waals surface area contributed by atoms with Crippen LogP contribution in [0.4, 0.5) is 9.93 Å². The predicted molar refractivity (Wildman–Crippen MR) is 118 cm³/mol. The number of amides is 4. The maximum Gasteiger partial charge on any atom is 0.325 e. The molecule has 1 saturated heterocycles. The van der Waals surface area contributed by atoms with E-state index in [0.717, 1.165) is 23.3 Å². The van der Waals surface area contributed by atoms with Gasteiger partial charge >= 0.3 is 6.03 Å². The Labute approximate surface area is 185 Å². The van der Waals surface area contributed by atoms with Crippen molar-refractivity contribution >= 4 is 34.3 Å². The average Bonchev–Trinajstić information content (AvgIpc) is 3.27. The Morgan fingerprint density at radius 3 is 2.52 bits per heavy atom. The van der Waals surface area contributed by atoms with Crippen LogP contribution in [-0.4, -0.2) is 45.0 Å². The zero-order valence-electron chi connectivity index (χ0n) is 18.0. The van der Waals surface area contributed by atoms with E-state index in [4.69, 9.17) is 0 Å². The van der Waals surface area contributed by atoms with Crippen molar-refractivity contribution in [3.63, 3.8) is 0 Å². The SMILES string of the molecule is CC(C)(C)C1CCC2(CC1)NC(=O)N(CC(=O)Nc1nnc(-c3ccccc3)s1)C2=O. The summed E-state index contributed by atoms with van der Waals surface area (Å²) in [6.07, 6.45) is 2.97. The van der Waals surface area contributed by atoms with E-state index in [1.165, 1.54) is 11.3 Å². The number of nitrogens with one attached hydrogen (secondary N) is 2. The van der Waals surface area contributed by atoms with Gasteiger partial charge in [0, 0.05) is 5.56 Å². The van der Waals surface area contributed by atoms with Crippen LogP contribution in [0.25, 0.3) is 10.6 Å². The number of nitrogens with zero attached hydrogens (tertiary/aromatic N) is 3. The molecule has 1 aliphatic carbocycles. The van der Waals surface area contributed by atoms with Crippen molar-refractivity contribution in [2.24, 2.45) is 11.3 Å². The molecule has 2 aliphatic rings. The highest BCUT2D eigenvalue weighted by molar-refractivity contribution is 7.18. The third-order valence-corrected chi connectivity index (χ3v) is 7.19. The maximum absolute atomic E-state index is 13.1. The van der Waals surface area contributed by atoms with Crippen molar-refractivity contribution < 1.29 is 14.4 Å². The highest BCUT2D eigenvalue weighted by atomic mass is 32.1. The fourth-order valence-electron chi connectivity index (χ4n) is 4.41. The highest BCUT2D eigenvalue weighted by Gasteiger charge is 2.53. The molecule has 2 heterocycles. The molecule has 1 aromatic carbocycles. The lowest BCUT2D eigenvalue weighted by Crippen LogP contribution is -2.50. The predicted octanol–water partition coefficient (Wildman–Crippen LogP) is 3.67. The fraction of sp³-hybridized carbons (Fsp3) is 0.500. The molecule has 31 heavy (non-hydrogen) atoms. The van der Waals surface area contributed by atoms with Crippen LogP contribution < -0.4 is 10.6 Å². The van der Waals surface area contributed by atoms with Crippen molar-refractivity contribution in [2.45, 2.75) is 52.0 Å². The van der Waals surface area contributed by atoms with Crippen molar-refractivity contribution in [3.8, 4) is 10.6 Å². The zero-order chi connectivity index (χ0) is 22.2. The van der Waals surface area contributed by atoms with Gasteiger partial charge in [0.2, 0.25) is 11.0 Å². The Kier molecular flexibility index (Phi) is 5.55. The van der Waals surface area contributed by atoms with Gasteiger partial charge in [0.1, 0.15) is 17.1 Å². The first kappa shape index (κ1) is 21.4. The Hall–Kier alpha value is -2.81. The quantitative estimate of drug-likeness (QED) is 0.705. The molecule has 2 fully saturated rings. The summed E-state index contributed by atoms with van der Waals surface area (Å²) in [7, 11) is 0. The molecule has 0 radical (unpaired) electrons. The van der Waals surface area contributed by atoms with Gasteiger partial charge in [-0.25, -0.2) is 4.79 Å². The fourth-order valence-corrected chi connectivity index (χ4v) is 5.17. The number of carbonyl (C=O) groups excluding carboxylic acids is 3. The number of aromatic nitrogens is 2. The third-order valence-electron chi connectivity index (χ3n) is 6.30. The Morgan fingerprint density at radius 1 is 1.19 bits per heavy atom. The van der Waals surface area contributed by atoms with Crippen LogP contribution in [-0.2, 0) is 9.59 Å². The number of imide groups is 1. The normalized spacial score (nSPS) is 23.8. The summed E-state index contributed by atoms with van der Waals surface area (Å²) < 4.78 is 0. The highest BCUT2D eigenvalue weighted by Crippen LogP contribution is 2.43. The van der Waals surface area contributed by atoms with Gasteiger partial charge in [-0.3, -0.25) is 19.8 Å². The van der Waals surface area contributed by atoms with E-state index in [1.807, 2.05) is 30.3 Å². The molecule has 1 spiro atoms. The van der Waals surface area contributed by atoms with Crippen LogP contribution in [0.5, 0.6) is 0 Å². The molecule has 0 unspecified atom stereocenters. The molecule has 0 bridgehead atoms. The second kappa shape index (κ2) is 8.03. The van der Waals surface area contributed by atoms with Gasteiger partial charge in [-0.05, 0) is 37.0 Å². The van der Waals surface area contributed by atoms with E-state index in [-0.39, 0.29) is 17.9 Å². The minimum absolute atomic E-state index is 0.174. The van der Waals surface area contributed by atoms with Crippen molar-refractivity contribution in [1.29, 1.82) is 0 Å². The molecule has 8 nitrogen and oxygen atoms in total. The summed E-state index contributed by atoms with van der Waals surface area (Å²) in [4.78, 5) is 39.1. The summed E-state index contributed by atoms with van der Waals surface area (Å²) in [5.74, 6) is -0.265. The van der Waals surface area contributed by atoms with Crippen LogP contribution in [0, 0.1) is 11.3 Å². The lowest BCUT2D eigenvalue weighted by molar-refractivity contribution is -0.135. The van der Waals surface area contributed by atoms with Crippen molar-refractivity contribution in [2.75, 3.05) is 11.9 Å². The number of hydrogen-bond acceptors (Lipinski definition) is 6. The second-order valence-electron chi connectivity index (χ2n) is 9.37. The Balaban J connectivity index is 1.37. The van der Waals surface area contributed by atoms with Crippen molar-refractivity contribution in [3.05, 3.63) is 30.3 Å². The number of anilines is 1. The topological polar surface area (TPSA) is 104 Å². The molecule has 164 valence electrons. The minimum Gasteiger partial charge on any atom is -0.323 e. The number of urea groups is 1. The van der Waals surface area contributed by atoms with Gasteiger partial charge in [0.05, 0.1) is 0 Å². The van der Waals surface area contributed by atoms with Crippen molar-refractivity contribution in [1.82, 2.24) is 20.4 Å². The number of rotatable bonds is 4. The van der Waals surface area contributed by atoms with Gasteiger partial charge in [0.25, 0.3) is 5.91 Å². The molecule has 2 N–H and O–H groups in total. The van der Waals surface area contributed by atoms with E-state index in [1.54, 1.807) is 0 Å². The molecular formula is C22H27N5O3S. The molecule has 1 aliphatic heterocycles. The number of benzene rings is 1. The Morgan fingerprint density at radius 2 is 1.87 bits per heavy atom. The third kappa shape index (κ3) is 4.32. The number of carbonyl (C=O) groups is 3. The molecule has 4 amide bonds. The second-order valence-corrected chi connectivity index (χ2v) is 10.3. The Bertz CT molecular complexity index is 990. The van der Waals surface area contributed by atoms with E-state index >= 15 is 0 Å². The largest absolute Gasteiger partial charge is 0.325 e. The number of hydrogen-bond donors (Lipinski definition) is 2. The van der Waals surface area contributed by atoms with Crippen LogP contribution in [0.15, 0.2) is 30.3 Å². The molecule has 0 atom stereocenters. The van der Waals surface area contributed by atoms with Crippen LogP contribution in [0.2, 0.25) is 0 Å². The van der Waals surface area contributed by atoms with Gasteiger partial charge in [0.15, 0.2) is 0 Å². The van der Waals surface area contributed by atoms with E-state index < -0.39 is 17.5 Å². The first-order valence-electron chi connectivity index (χ1n) is 10.5. The molecule has 4 rings (SSSR count). The van der Waals surface area contributed by atoms with Crippen LogP contribution in [0.1, 0.15) is 46.5 Å². The van der Waals surface area contributed by atoms with Gasteiger partial charge < -0.3 is 5.32 Å². The average molecular weight is 442 g/mol. The van der Waals surface area contributed by atoms with E-state index in [2.05, 4.69) is 41.6 Å². The summed E-state index contributed by atoms with van der Waals surface area (Å²) in [6.45, 7) is 6.28. The lowest BCUT2D eigenvalue weighted by Gasteiger charge is -2.40. The standard InChI is InChI=1S/C22H27N5O3S/c1-21(2,3)15-9-11-22(12-10-15)18(29)27(20(30)24-22)13-16(28)23-19-26-25-17(31-19)14-7-5-4-6-8-14/h4-8,15H,9-13H2,1-3H3,(H,24,30)(H,23,26,28). The molecule has 1 aromatic heterocycles. The summed E-state index contributed by atoms with van der Waals surface area (Å²) >= 11 is 1.24. The molecule has 2 aromatic rings. The zero-order valence-corrected chi connectivity index (χ0v) is 18.8. The minimum atomic E-state index is -0.873. The van der Waals surface area contributed by atoms with Crippen LogP contribution in [0.3, 0.4) is 0 Å². The van der Waals surface area contributed by atoms with E-state index in [9.17, 15) is 14.4 Å². The first-order valence-corrected chi connectivity index (χ1v) is 11.3. The molecule has 9 heteroatoms. The smallest absolute Gasteiger partial charge is 0.323 e. The monoisotopic (exact) mass is 441 g/mol. The first-order chi connectivity index (χ1) is 14.7. The summed E-state index contributed by atoms with van der Waals surface area (Å²) in [5, 5.41) is 14.6. The van der Waals surface area contributed by atoms with Gasteiger partial charge in [-0.15, -0.1) is 10.2 Å². The summed E-state index contributed by atoms with van der Waals surface area (Å²) in [6, 6.07) is 9.03. The van der Waals surface area contributed by atoms with Gasteiger partial charge in [-0.2, -0.15) is 0 Å². The maximum atomic E-state index is 13.1. The molecular weight excluding hydrogens is 414 g/mol. The lowest BCUT2D eigenvalue weighted by atomic mass is 9.67. The van der Waals surface area contributed by atoms with Gasteiger partial charge in [-0.1, -0.05) is 62.4 Å². The van der Waals surface area contributed by atoms with E-state index in [0.29, 0.717) is 28.9 Å². The van der Waals surface area contributed by atoms with Crippen LogP contribution >= 0.6 is 11.3 Å². The summed E-state index contributed by atoms with van der Waals surface area (Å²) in [5.41, 5.74) is 0.206.